The lowest BCUT2D eigenvalue weighted by atomic mass is 10.1. The average Bonchev–Trinajstić information content (AvgIpc) is 2.91. The summed E-state index contributed by atoms with van der Waals surface area (Å²) in [6.45, 7) is 2.46. The van der Waals surface area contributed by atoms with Crippen molar-refractivity contribution in [3.05, 3.63) is 41.5 Å². The summed E-state index contributed by atoms with van der Waals surface area (Å²) in [6.07, 6.45) is 5.63. The molecule has 7 heteroatoms. The number of aryl methyl sites for hydroxylation is 1. The predicted octanol–water partition coefficient (Wildman–Crippen LogP) is 1.92. The minimum Gasteiger partial charge on any atom is -0.497 e. The van der Waals surface area contributed by atoms with Crippen LogP contribution in [0, 0.1) is 0 Å². The summed E-state index contributed by atoms with van der Waals surface area (Å²) in [6, 6.07) is 8.14. The van der Waals surface area contributed by atoms with Crippen LogP contribution in [-0.2, 0) is 25.9 Å². The number of guanidine groups is 1. The first-order chi connectivity index (χ1) is 12.8. The number of nitrogens with one attached hydrogen (secondary N) is 2. The van der Waals surface area contributed by atoms with Gasteiger partial charge in [0.2, 0.25) is 0 Å². The Morgan fingerprint density at radius 3 is 2.77 bits per heavy atom. The first-order valence-electron chi connectivity index (χ1n) is 9.28. The highest BCUT2D eigenvalue weighted by Crippen LogP contribution is 2.14. The maximum atomic E-state index is 5.19. The van der Waals surface area contributed by atoms with Crippen molar-refractivity contribution >= 4 is 5.96 Å². The van der Waals surface area contributed by atoms with E-state index in [9.17, 15) is 0 Å². The predicted molar refractivity (Wildman–Crippen MR) is 102 cm³/mol. The molecule has 1 aromatic carbocycles. The fourth-order valence-corrected chi connectivity index (χ4v) is 3.18. The first-order valence-corrected chi connectivity index (χ1v) is 9.28. The van der Waals surface area contributed by atoms with Crippen LogP contribution in [0.1, 0.15) is 36.5 Å². The van der Waals surface area contributed by atoms with Gasteiger partial charge in [0, 0.05) is 26.6 Å². The van der Waals surface area contributed by atoms with Gasteiger partial charge in [0.25, 0.3) is 0 Å². The molecule has 1 aromatic heterocycles. The van der Waals surface area contributed by atoms with Crippen LogP contribution in [0.15, 0.2) is 29.3 Å². The molecule has 0 saturated heterocycles. The number of ether oxygens (including phenoxy) is 1. The van der Waals surface area contributed by atoms with Crippen molar-refractivity contribution < 1.29 is 4.74 Å². The highest BCUT2D eigenvalue weighted by molar-refractivity contribution is 5.79. The molecule has 0 atom stereocenters. The maximum absolute atomic E-state index is 5.19. The van der Waals surface area contributed by atoms with Gasteiger partial charge >= 0.3 is 0 Å². The van der Waals surface area contributed by atoms with Crippen molar-refractivity contribution in [1.29, 1.82) is 0 Å². The molecule has 0 saturated carbocycles. The van der Waals surface area contributed by atoms with E-state index < -0.39 is 0 Å². The quantitative estimate of drug-likeness (QED) is 0.611. The number of aliphatic imine (C=N–C) groups is 1. The largest absolute Gasteiger partial charge is 0.497 e. The lowest BCUT2D eigenvalue weighted by molar-refractivity contribution is 0.414. The number of hydrogen-bond acceptors (Lipinski definition) is 4. The van der Waals surface area contributed by atoms with E-state index in [2.05, 4.69) is 42.5 Å². The van der Waals surface area contributed by atoms with E-state index in [-0.39, 0.29) is 0 Å². The van der Waals surface area contributed by atoms with Crippen LogP contribution < -0.4 is 15.4 Å². The Kier molecular flexibility index (Phi) is 6.46. The fraction of sp³-hybridized carbons (Fsp3) is 0.526. The molecule has 7 nitrogen and oxygen atoms in total. The zero-order valence-electron chi connectivity index (χ0n) is 15.7. The van der Waals surface area contributed by atoms with Crippen LogP contribution in [0.2, 0.25) is 0 Å². The van der Waals surface area contributed by atoms with Crippen molar-refractivity contribution in [2.75, 3.05) is 20.7 Å². The average molecular weight is 356 g/mol. The van der Waals surface area contributed by atoms with E-state index in [1.54, 1.807) is 14.2 Å². The summed E-state index contributed by atoms with van der Waals surface area (Å²) in [5, 5.41) is 15.4. The van der Waals surface area contributed by atoms with Crippen LogP contribution in [0.3, 0.4) is 0 Å². The van der Waals surface area contributed by atoms with Crippen molar-refractivity contribution in [3.63, 3.8) is 0 Å². The van der Waals surface area contributed by atoms with Gasteiger partial charge in [-0.1, -0.05) is 18.6 Å². The summed E-state index contributed by atoms with van der Waals surface area (Å²) in [5.41, 5.74) is 1.26. The van der Waals surface area contributed by atoms with Gasteiger partial charge in [-0.25, -0.2) is 0 Å². The fourth-order valence-electron chi connectivity index (χ4n) is 3.18. The molecule has 26 heavy (non-hydrogen) atoms. The number of nitrogens with zero attached hydrogens (tertiary/aromatic N) is 4. The summed E-state index contributed by atoms with van der Waals surface area (Å²) in [4.78, 5) is 4.29. The topological polar surface area (TPSA) is 76.4 Å². The SMILES string of the molecule is CN=C(NCCc1ccc(OC)cc1)NCc1nnc2n1CCCCC2. The van der Waals surface area contributed by atoms with Crippen LogP contribution in [0.25, 0.3) is 0 Å². The molecule has 0 spiro atoms. The molecule has 0 amide bonds. The van der Waals surface area contributed by atoms with Crippen LogP contribution >= 0.6 is 0 Å². The zero-order valence-corrected chi connectivity index (χ0v) is 15.7. The Morgan fingerprint density at radius 2 is 2.00 bits per heavy atom. The van der Waals surface area contributed by atoms with Gasteiger partial charge in [0.05, 0.1) is 13.7 Å². The Morgan fingerprint density at radius 1 is 1.15 bits per heavy atom. The molecule has 1 aliphatic heterocycles. The molecular weight excluding hydrogens is 328 g/mol. The van der Waals surface area contributed by atoms with Crippen molar-refractivity contribution in [1.82, 2.24) is 25.4 Å². The van der Waals surface area contributed by atoms with Crippen LogP contribution in [0.5, 0.6) is 5.75 Å². The lowest BCUT2D eigenvalue weighted by Gasteiger charge is -2.13. The van der Waals surface area contributed by atoms with E-state index in [4.69, 9.17) is 4.74 Å². The second-order valence-electron chi connectivity index (χ2n) is 6.45. The summed E-state index contributed by atoms with van der Waals surface area (Å²) in [7, 11) is 3.47. The molecule has 0 unspecified atom stereocenters. The van der Waals surface area contributed by atoms with E-state index in [1.807, 2.05) is 12.1 Å². The highest BCUT2D eigenvalue weighted by Gasteiger charge is 2.14. The van der Waals surface area contributed by atoms with Gasteiger partial charge in [0.1, 0.15) is 11.6 Å². The first kappa shape index (κ1) is 18.2. The second kappa shape index (κ2) is 9.22. The van der Waals surface area contributed by atoms with Gasteiger partial charge in [0.15, 0.2) is 11.8 Å². The number of benzene rings is 1. The zero-order chi connectivity index (χ0) is 18.2. The Labute approximate surface area is 154 Å². The standard InChI is InChI=1S/C19H28N6O/c1-20-19(21-12-11-15-7-9-16(26-2)10-8-15)22-14-18-24-23-17-6-4-3-5-13-25(17)18/h7-10H,3-6,11-14H2,1-2H3,(H2,20,21,22). The second-order valence-corrected chi connectivity index (χ2v) is 6.45. The number of aromatic nitrogens is 3. The summed E-state index contributed by atoms with van der Waals surface area (Å²) >= 11 is 0. The molecule has 1 aliphatic rings. The van der Waals surface area contributed by atoms with Gasteiger partial charge in [-0.15, -0.1) is 10.2 Å². The molecule has 0 fully saturated rings. The molecule has 2 N–H and O–H groups in total. The van der Waals surface area contributed by atoms with Gasteiger partial charge < -0.3 is 19.9 Å². The van der Waals surface area contributed by atoms with Crippen LogP contribution in [-0.4, -0.2) is 41.4 Å². The van der Waals surface area contributed by atoms with E-state index in [0.717, 1.165) is 49.3 Å². The van der Waals surface area contributed by atoms with Gasteiger partial charge in [-0.2, -0.15) is 0 Å². The van der Waals surface area contributed by atoms with Crippen molar-refractivity contribution in [2.24, 2.45) is 4.99 Å². The maximum Gasteiger partial charge on any atom is 0.191 e. The minimum absolute atomic E-state index is 0.634. The molecule has 0 aliphatic carbocycles. The molecule has 0 radical (unpaired) electrons. The minimum atomic E-state index is 0.634. The molecular formula is C19H28N6O. The number of methoxy groups -OCH3 is 1. The Balaban J connectivity index is 1.47. The van der Waals surface area contributed by atoms with Gasteiger partial charge in [-0.3, -0.25) is 4.99 Å². The number of rotatable bonds is 6. The normalized spacial score (nSPS) is 14.5. The highest BCUT2D eigenvalue weighted by atomic mass is 16.5. The lowest BCUT2D eigenvalue weighted by Crippen LogP contribution is -2.38. The van der Waals surface area contributed by atoms with Crippen molar-refractivity contribution in [2.45, 2.75) is 45.2 Å². The van der Waals surface area contributed by atoms with E-state index >= 15 is 0 Å². The molecule has 140 valence electrons. The third-order valence-electron chi connectivity index (χ3n) is 4.69. The third-order valence-corrected chi connectivity index (χ3v) is 4.69. The molecule has 2 heterocycles. The number of fused-ring (bicyclic) bond motifs is 1. The number of hydrogen-bond donors (Lipinski definition) is 2. The van der Waals surface area contributed by atoms with E-state index in [1.165, 1.54) is 24.8 Å². The summed E-state index contributed by atoms with van der Waals surface area (Å²) < 4.78 is 7.44. The van der Waals surface area contributed by atoms with Gasteiger partial charge in [-0.05, 0) is 37.0 Å². The van der Waals surface area contributed by atoms with E-state index in [0.29, 0.717) is 6.54 Å². The molecule has 2 aromatic rings. The third kappa shape index (κ3) is 4.74. The Bertz CT molecular complexity index is 722. The molecule has 0 bridgehead atoms. The molecule has 3 rings (SSSR count). The Hall–Kier alpha value is -2.57. The van der Waals surface area contributed by atoms with Crippen molar-refractivity contribution in [3.8, 4) is 5.75 Å². The smallest absolute Gasteiger partial charge is 0.191 e. The van der Waals surface area contributed by atoms with Crippen LogP contribution in [0.4, 0.5) is 0 Å². The summed E-state index contributed by atoms with van der Waals surface area (Å²) in [5.74, 6) is 3.76. The monoisotopic (exact) mass is 356 g/mol.